The lowest BCUT2D eigenvalue weighted by atomic mass is 10.1. The van der Waals surface area contributed by atoms with Crippen LogP contribution < -0.4 is 17.2 Å². The zero-order valence-electron chi connectivity index (χ0n) is 12.9. The third kappa shape index (κ3) is 5.30. The molecule has 23 heavy (non-hydrogen) atoms. The van der Waals surface area contributed by atoms with E-state index in [4.69, 9.17) is 26.7 Å². The van der Waals surface area contributed by atoms with Gasteiger partial charge in [0.05, 0.1) is 30.0 Å². The summed E-state index contributed by atoms with van der Waals surface area (Å²) in [6.45, 7) is 3.71. The maximum atomic E-state index is 12.0. The smallest absolute Gasteiger partial charge is 0.340 e. The van der Waals surface area contributed by atoms with Crippen LogP contribution in [-0.4, -0.2) is 37.1 Å². The molecule has 0 aliphatic heterocycles. The third-order valence-corrected chi connectivity index (χ3v) is 2.48. The summed E-state index contributed by atoms with van der Waals surface area (Å²) in [6.07, 6.45) is 0. The first kappa shape index (κ1) is 18.0. The van der Waals surface area contributed by atoms with Crippen LogP contribution in [0.2, 0.25) is 0 Å². The van der Waals surface area contributed by atoms with Gasteiger partial charge in [-0.05, 0) is 32.0 Å². The van der Waals surface area contributed by atoms with E-state index in [9.17, 15) is 9.59 Å². The number of guanidine groups is 2. The number of carbonyl (C=O) groups excluding carboxylic acids is 2. The Balaban J connectivity index is 3.32. The van der Waals surface area contributed by atoms with Crippen LogP contribution in [0.5, 0.6) is 0 Å². The normalized spacial score (nSPS) is 10.8. The van der Waals surface area contributed by atoms with E-state index in [0.717, 1.165) is 0 Å². The Morgan fingerprint density at radius 2 is 1.65 bits per heavy atom. The van der Waals surface area contributed by atoms with Gasteiger partial charge in [-0.3, -0.25) is 0 Å². The molecule has 0 unspecified atom stereocenters. The number of nitrogens with two attached hydrogens (primary N) is 3. The second-order valence-corrected chi connectivity index (χ2v) is 4.18. The molecule has 0 atom stereocenters. The Labute approximate surface area is 133 Å². The van der Waals surface area contributed by atoms with Crippen LogP contribution in [0.4, 0.5) is 5.69 Å². The van der Waals surface area contributed by atoms with Crippen molar-refractivity contribution in [2.45, 2.75) is 13.8 Å². The standard InChI is InChI=1S/C14H19N5O4/c1-3-22-11(20)8-5-6-10(18-14(17)19-13(15)16)9(7-8)12(21)23-4-2/h5-7H,3-4H2,1-2H3,(H6,15,16,17,18,19). The Kier molecular flexibility index (Phi) is 6.53. The number of esters is 2. The number of rotatable bonds is 5. The van der Waals surface area contributed by atoms with Gasteiger partial charge in [-0.25, -0.2) is 14.6 Å². The minimum absolute atomic E-state index is 0.0474. The average molecular weight is 321 g/mol. The largest absolute Gasteiger partial charge is 0.462 e. The Bertz CT molecular complexity index is 651. The van der Waals surface area contributed by atoms with E-state index in [2.05, 4.69) is 9.98 Å². The topological polar surface area (TPSA) is 155 Å². The highest BCUT2D eigenvalue weighted by Gasteiger charge is 2.17. The van der Waals surface area contributed by atoms with Crippen LogP contribution in [0.15, 0.2) is 28.2 Å². The zero-order valence-corrected chi connectivity index (χ0v) is 12.9. The van der Waals surface area contributed by atoms with Crippen LogP contribution in [0.25, 0.3) is 0 Å². The molecule has 0 radical (unpaired) electrons. The summed E-state index contributed by atoms with van der Waals surface area (Å²) in [5.74, 6) is -1.73. The number of nitrogens with zero attached hydrogens (tertiary/aromatic N) is 2. The van der Waals surface area contributed by atoms with Gasteiger partial charge in [-0.2, -0.15) is 4.99 Å². The van der Waals surface area contributed by atoms with Gasteiger partial charge in [-0.15, -0.1) is 0 Å². The van der Waals surface area contributed by atoms with Crippen LogP contribution >= 0.6 is 0 Å². The quantitative estimate of drug-likeness (QED) is 0.399. The number of hydrogen-bond donors (Lipinski definition) is 3. The van der Waals surface area contributed by atoms with Gasteiger partial charge in [0, 0.05) is 0 Å². The fourth-order valence-electron chi connectivity index (χ4n) is 1.63. The van der Waals surface area contributed by atoms with Gasteiger partial charge in [0.15, 0.2) is 5.96 Å². The van der Waals surface area contributed by atoms with Crippen LogP contribution in [0.1, 0.15) is 34.6 Å². The second-order valence-electron chi connectivity index (χ2n) is 4.18. The SMILES string of the molecule is CCOC(=O)c1ccc(N=C(N)N=C(N)N)c(C(=O)OCC)c1. The molecule has 0 aromatic heterocycles. The molecule has 0 saturated carbocycles. The summed E-state index contributed by atoms with van der Waals surface area (Å²) in [7, 11) is 0. The summed E-state index contributed by atoms with van der Waals surface area (Å²) >= 11 is 0. The summed E-state index contributed by atoms with van der Waals surface area (Å²) < 4.78 is 9.83. The zero-order chi connectivity index (χ0) is 17.4. The molecule has 0 fully saturated rings. The van der Waals surface area contributed by atoms with Crippen molar-refractivity contribution in [2.24, 2.45) is 27.2 Å². The monoisotopic (exact) mass is 321 g/mol. The van der Waals surface area contributed by atoms with Crippen molar-refractivity contribution in [1.29, 1.82) is 0 Å². The van der Waals surface area contributed by atoms with E-state index in [1.807, 2.05) is 0 Å². The lowest BCUT2D eigenvalue weighted by Gasteiger charge is -2.08. The highest BCUT2D eigenvalue weighted by atomic mass is 16.5. The molecule has 124 valence electrons. The molecular weight excluding hydrogens is 302 g/mol. The van der Waals surface area contributed by atoms with E-state index in [1.54, 1.807) is 13.8 Å². The highest BCUT2D eigenvalue weighted by Crippen LogP contribution is 2.22. The minimum atomic E-state index is -0.658. The van der Waals surface area contributed by atoms with Crippen molar-refractivity contribution in [1.82, 2.24) is 0 Å². The summed E-state index contributed by atoms with van der Waals surface area (Å²) in [4.78, 5) is 31.3. The van der Waals surface area contributed by atoms with Crippen molar-refractivity contribution >= 4 is 29.5 Å². The molecule has 1 rings (SSSR count). The van der Waals surface area contributed by atoms with Crippen LogP contribution in [0.3, 0.4) is 0 Å². The number of aliphatic imine (C=N–C) groups is 2. The number of hydrogen-bond acceptors (Lipinski definition) is 5. The molecule has 0 spiro atoms. The predicted molar refractivity (Wildman–Crippen MR) is 85.4 cm³/mol. The third-order valence-electron chi connectivity index (χ3n) is 2.48. The van der Waals surface area contributed by atoms with Gasteiger partial charge in [-0.1, -0.05) is 0 Å². The molecule has 0 aliphatic rings. The highest BCUT2D eigenvalue weighted by molar-refractivity contribution is 6.01. The molecule has 9 nitrogen and oxygen atoms in total. The van der Waals surface area contributed by atoms with Gasteiger partial charge < -0.3 is 26.7 Å². The molecule has 6 N–H and O–H groups in total. The van der Waals surface area contributed by atoms with Gasteiger partial charge >= 0.3 is 11.9 Å². The maximum absolute atomic E-state index is 12.0. The fourth-order valence-corrected chi connectivity index (χ4v) is 1.63. The van der Waals surface area contributed by atoms with Crippen molar-refractivity contribution in [3.8, 4) is 0 Å². The molecule has 9 heteroatoms. The molecule has 1 aromatic rings. The minimum Gasteiger partial charge on any atom is -0.462 e. The van der Waals surface area contributed by atoms with Gasteiger partial charge in [0.25, 0.3) is 0 Å². The van der Waals surface area contributed by atoms with E-state index >= 15 is 0 Å². The van der Waals surface area contributed by atoms with E-state index < -0.39 is 11.9 Å². The van der Waals surface area contributed by atoms with E-state index in [0.29, 0.717) is 0 Å². The number of benzene rings is 1. The summed E-state index contributed by atoms with van der Waals surface area (Å²) in [5, 5.41) is 0. The summed E-state index contributed by atoms with van der Waals surface area (Å²) in [5.41, 5.74) is 16.4. The van der Waals surface area contributed by atoms with Crippen LogP contribution in [0, 0.1) is 0 Å². The van der Waals surface area contributed by atoms with E-state index in [-0.39, 0.29) is 41.9 Å². The Hall–Kier alpha value is -3.10. The first-order chi connectivity index (χ1) is 10.9. The first-order valence-corrected chi connectivity index (χ1v) is 6.81. The van der Waals surface area contributed by atoms with Gasteiger partial charge in [0.2, 0.25) is 5.96 Å². The molecule has 0 saturated heterocycles. The van der Waals surface area contributed by atoms with E-state index in [1.165, 1.54) is 18.2 Å². The predicted octanol–water partition coefficient (Wildman–Crippen LogP) is 0.260. The lowest BCUT2D eigenvalue weighted by molar-refractivity contribution is 0.0526. The molecule has 0 aliphatic carbocycles. The average Bonchev–Trinajstić information content (AvgIpc) is 2.47. The Morgan fingerprint density at radius 3 is 2.22 bits per heavy atom. The molecule has 0 heterocycles. The lowest BCUT2D eigenvalue weighted by Crippen LogP contribution is -2.26. The van der Waals surface area contributed by atoms with Gasteiger partial charge in [0.1, 0.15) is 0 Å². The van der Waals surface area contributed by atoms with Crippen molar-refractivity contribution in [3.63, 3.8) is 0 Å². The van der Waals surface area contributed by atoms with Crippen molar-refractivity contribution in [3.05, 3.63) is 29.3 Å². The van der Waals surface area contributed by atoms with Crippen LogP contribution in [-0.2, 0) is 9.47 Å². The maximum Gasteiger partial charge on any atom is 0.340 e. The fraction of sp³-hybridized carbons (Fsp3) is 0.286. The second kappa shape index (κ2) is 8.37. The van der Waals surface area contributed by atoms with Crippen molar-refractivity contribution < 1.29 is 19.1 Å². The number of ether oxygens (including phenoxy) is 2. The molecular formula is C14H19N5O4. The van der Waals surface area contributed by atoms with Crippen molar-refractivity contribution in [2.75, 3.05) is 13.2 Å². The molecule has 1 aromatic carbocycles. The molecule has 0 bridgehead atoms. The summed E-state index contributed by atoms with van der Waals surface area (Å²) in [6, 6.07) is 4.19. The first-order valence-electron chi connectivity index (χ1n) is 6.81. The number of carbonyl (C=O) groups is 2. The Morgan fingerprint density at radius 1 is 1.04 bits per heavy atom. The molecule has 0 amide bonds.